The van der Waals surface area contributed by atoms with Crippen LogP contribution in [-0.2, 0) is 10.0 Å². The van der Waals surface area contributed by atoms with Gasteiger partial charge in [-0.15, -0.1) is 0 Å². The molecule has 0 bridgehead atoms. The van der Waals surface area contributed by atoms with Crippen LogP contribution in [0, 0.1) is 20.8 Å². The number of anilines is 1. The highest BCUT2D eigenvalue weighted by Crippen LogP contribution is 2.25. The molecule has 0 radical (unpaired) electrons. The standard InChI is InChI=1S/C14H18N4O3S/c1-8-5-9(2)13(10(3)6-8)22(20,21)18-11-7-16-17-12(11)14(19)15-4/h5-7,18H,1-4H3,(H,15,19)(H,16,17). The molecule has 0 aliphatic rings. The van der Waals surface area contributed by atoms with E-state index in [2.05, 4.69) is 20.2 Å². The van der Waals surface area contributed by atoms with E-state index in [1.807, 2.05) is 6.92 Å². The van der Waals surface area contributed by atoms with Crippen molar-refractivity contribution in [2.75, 3.05) is 11.8 Å². The second-order valence-corrected chi connectivity index (χ2v) is 6.69. The van der Waals surface area contributed by atoms with Gasteiger partial charge in [0.25, 0.3) is 15.9 Å². The fourth-order valence-electron chi connectivity index (χ4n) is 2.45. The van der Waals surface area contributed by atoms with E-state index >= 15 is 0 Å². The zero-order chi connectivity index (χ0) is 16.5. The molecule has 8 heteroatoms. The first kappa shape index (κ1) is 16.0. The maximum atomic E-state index is 12.6. The minimum Gasteiger partial charge on any atom is -0.354 e. The first-order valence-electron chi connectivity index (χ1n) is 6.62. The van der Waals surface area contributed by atoms with E-state index in [-0.39, 0.29) is 16.3 Å². The maximum Gasteiger partial charge on any atom is 0.271 e. The van der Waals surface area contributed by atoms with Crippen LogP contribution in [0.2, 0.25) is 0 Å². The normalized spacial score (nSPS) is 11.3. The first-order valence-corrected chi connectivity index (χ1v) is 8.10. The second-order valence-electron chi connectivity index (χ2n) is 5.07. The Balaban J connectivity index is 2.46. The molecular weight excluding hydrogens is 304 g/mol. The van der Waals surface area contributed by atoms with Gasteiger partial charge in [0.1, 0.15) is 5.69 Å². The number of nitrogens with one attached hydrogen (secondary N) is 3. The van der Waals surface area contributed by atoms with E-state index in [1.54, 1.807) is 26.0 Å². The van der Waals surface area contributed by atoms with Crippen molar-refractivity contribution < 1.29 is 13.2 Å². The Bertz CT molecular complexity index is 801. The second kappa shape index (κ2) is 5.80. The van der Waals surface area contributed by atoms with Crippen LogP contribution in [0.3, 0.4) is 0 Å². The molecule has 0 spiro atoms. The van der Waals surface area contributed by atoms with Gasteiger partial charge in [-0.05, 0) is 31.9 Å². The Hall–Kier alpha value is -2.35. The van der Waals surface area contributed by atoms with Gasteiger partial charge in [-0.1, -0.05) is 17.7 Å². The number of aromatic amines is 1. The van der Waals surface area contributed by atoms with E-state index in [9.17, 15) is 13.2 Å². The van der Waals surface area contributed by atoms with Gasteiger partial charge in [0.2, 0.25) is 0 Å². The molecular formula is C14H18N4O3S. The summed E-state index contributed by atoms with van der Waals surface area (Å²) in [5.74, 6) is -0.451. The first-order chi connectivity index (χ1) is 10.3. The Morgan fingerprint density at radius 2 is 1.77 bits per heavy atom. The van der Waals surface area contributed by atoms with Gasteiger partial charge in [0, 0.05) is 7.05 Å². The molecule has 22 heavy (non-hydrogen) atoms. The third kappa shape index (κ3) is 2.96. The lowest BCUT2D eigenvalue weighted by molar-refractivity contribution is 0.0959. The molecule has 0 unspecified atom stereocenters. The number of hydrogen-bond acceptors (Lipinski definition) is 4. The lowest BCUT2D eigenvalue weighted by atomic mass is 10.1. The average Bonchev–Trinajstić information content (AvgIpc) is 2.83. The summed E-state index contributed by atoms with van der Waals surface area (Å²) in [5, 5.41) is 8.61. The van der Waals surface area contributed by atoms with Crippen LogP contribution in [0.15, 0.2) is 23.2 Å². The largest absolute Gasteiger partial charge is 0.354 e. The van der Waals surface area contributed by atoms with Crippen molar-refractivity contribution in [1.82, 2.24) is 15.5 Å². The lowest BCUT2D eigenvalue weighted by Gasteiger charge is -2.13. The monoisotopic (exact) mass is 322 g/mol. The van der Waals surface area contributed by atoms with Crippen molar-refractivity contribution in [3.8, 4) is 0 Å². The highest BCUT2D eigenvalue weighted by Gasteiger charge is 2.23. The van der Waals surface area contributed by atoms with Crippen LogP contribution in [0.1, 0.15) is 27.2 Å². The average molecular weight is 322 g/mol. The Labute approximate surface area is 129 Å². The molecule has 1 aromatic heterocycles. The minimum absolute atomic E-state index is 0.0634. The predicted octanol–water partition coefficient (Wildman–Crippen LogP) is 1.50. The van der Waals surface area contributed by atoms with Crippen molar-refractivity contribution in [3.63, 3.8) is 0 Å². The zero-order valence-corrected chi connectivity index (χ0v) is 13.6. The number of sulfonamides is 1. The molecule has 1 amide bonds. The van der Waals surface area contributed by atoms with E-state index in [0.29, 0.717) is 11.1 Å². The fraction of sp³-hybridized carbons (Fsp3) is 0.286. The SMILES string of the molecule is CNC(=O)c1[nH]ncc1NS(=O)(=O)c1c(C)cc(C)cc1C. The molecule has 0 saturated heterocycles. The van der Waals surface area contributed by atoms with Crippen molar-refractivity contribution in [3.05, 3.63) is 40.7 Å². The molecule has 2 rings (SSSR count). The molecule has 2 aromatic rings. The summed E-state index contributed by atoms with van der Waals surface area (Å²) in [6.07, 6.45) is 1.26. The molecule has 0 fully saturated rings. The van der Waals surface area contributed by atoms with Crippen molar-refractivity contribution >= 4 is 21.6 Å². The van der Waals surface area contributed by atoms with Gasteiger partial charge in [0.05, 0.1) is 16.8 Å². The third-order valence-electron chi connectivity index (χ3n) is 3.21. The number of carbonyl (C=O) groups excluding carboxylic acids is 1. The molecule has 1 heterocycles. The van der Waals surface area contributed by atoms with Crippen LogP contribution in [0.4, 0.5) is 5.69 Å². The number of amides is 1. The molecule has 1 aromatic carbocycles. The number of hydrogen-bond donors (Lipinski definition) is 3. The number of nitrogens with zero attached hydrogens (tertiary/aromatic N) is 1. The van der Waals surface area contributed by atoms with E-state index in [1.165, 1.54) is 13.2 Å². The van der Waals surface area contributed by atoms with E-state index in [0.717, 1.165) is 5.56 Å². The Morgan fingerprint density at radius 1 is 1.18 bits per heavy atom. The summed E-state index contributed by atoms with van der Waals surface area (Å²) in [7, 11) is -2.36. The Kier molecular flexibility index (Phi) is 4.23. The summed E-state index contributed by atoms with van der Waals surface area (Å²) in [6, 6.07) is 3.60. The smallest absolute Gasteiger partial charge is 0.271 e. The van der Waals surface area contributed by atoms with Crippen LogP contribution < -0.4 is 10.0 Å². The summed E-state index contributed by atoms with van der Waals surface area (Å²) in [4.78, 5) is 11.9. The highest BCUT2D eigenvalue weighted by molar-refractivity contribution is 7.92. The molecule has 0 aliphatic carbocycles. The van der Waals surface area contributed by atoms with Gasteiger partial charge >= 0.3 is 0 Å². The zero-order valence-electron chi connectivity index (χ0n) is 12.8. The van der Waals surface area contributed by atoms with Gasteiger partial charge in [0.15, 0.2) is 0 Å². The number of rotatable bonds is 4. The minimum atomic E-state index is -3.82. The van der Waals surface area contributed by atoms with Crippen LogP contribution in [-0.4, -0.2) is 31.6 Å². The number of benzene rings is 1. The number of H-pyrrole nitrogens is 1. The lowest BCUT2D eigenvalue weighted by Crippen LogP contribution is -2.22. The van der Waals surface area contributed by atoms with Crippen molar-refractivity contribution in [1.29, 1.82) is 0 Å². The number of carbonyl (C=O) groups is 1. The van der Waals surface area contributed by atoms with Crippen molar-refractivity contribution in [2.45, 2.75) is 25.7 Å². The predicted molar refractivity (Wildman–Crippen MR) is 83.4 cm³/mol. The number of aromatic nitrogens is 2. The van der Waals surface area contributed by atoms with Gasteiger partial charge < -0.3 is 5.32 Å². The molecule has 0 saturated carbocycles. The van der Waals surface area contributed by atoms with Crippen molar-refractivity contribution in [2.24, 2.45) is 0 Å². The summed E-state index contributed by atoms with van der Waals surface area (Å²) in [5.41, 5.74) is 2.46. The quantitative estimate of drug-likeness (QED) is 0.793. The molecule has 118 valence electrons. The molecule has 0 atom stereocenters. The highest BCUT2D eigenvalue weighted by atomic mass is 32.2. The number of aryl methyl sites for hydroxylation is 3. The van der Waals surface area contributed by atoms with Gasteiger partial charge in [-0.3, -0.25) is 14.6 Å². The fourth-order valence-corrected chi connectivity index (χ4v) is 3.96. The van der Waals surface area contributed by atoms with E-state index in [4.69, 9.17) is 0 Å². The molecule has 7 nitrogen and oxygen atoms in total. The summed E-state index contributed by atoms with van der Waals surface area (Å²) in [6.45, 7) is 5.39. The molecule has 3 N–H and O–H groups in total. The van der Waals surface area contributed by atoms with Gasteiger partial charge in [-0.2, -0.15) is 5.10 Å². The summed E-state index contributed by atoms with van der Waals surface area (Å²) < 4.78 is 27.7. The molecule has 0 aliphatic heterocycles. The summed E-state index contributed by atoms with van der Waals surface area (Å²) >= 11 is 0. The van der Waals surface area contributed by atoms with E-state index < -0.39 is 15.9 Å². The topological polar surface area (TPSA) is 104 Å². The van der Waals surface area contributed by atoms with Crippen LogP contribution >= 0.6 is 0 Å². The Morgan fingerprint density at radius 3 is 2.32 bits per heavy atom. The third-order valence-corrected chi connectivity index (χ3v) is 4.88. The van der Waals surface area contributed by atoms with Crippen LogP contribution in [0.5, 0.6) is 0 Å². The van der Waals surface area contributed by atoms with Gasteiger partial charge in [-0.25, -0.2) is 8.42 Å². The maximum absolute atomic E-state index is 12.6. The van der Waals surface area contributed by atoms with Crippen LogP contribution in [0.25, 0.3) is 0 Å².